The summed E-state index contributed by atoms with van der Waals surface area (Å²) in [5, 5.41) is 0. The molecule has 0 bridgehead atoms. The van der Waals surface area contributed by atoms with Gasteiger partial charge in [0.15, 0.2) is 0 Å². The molecule has 0 aliphatic carbocycles. The third kappa shape index (κ3) is 2.25. The molecule has 0 radical (unpaired) electrons. The van der Waals surface area contributed by atoms with E-state index in [1.807, 2.05) is 44.4 Å². The number of rotatable bonds is 3. The summed E-state index contributed by atoms with van der Waals surface area (Å²) in [4.78, 5) is 2.08. The standard InChI is InChI=1S/C15H18N2O/c1-17(2)15-7-5-4-6-13(15)12-9-8-11(18-3)10-14(12)16/h4-10H,16H2,1-3H3. The van der Waals surface area contributed by atoms with E-state index < -0.39 is 0 Å². The summed E-state index contributed by atoms with van der Waals surface area (Å²) in [6.07, 6.45) is 0. The minimum atomic E-state index is 0.726. The molecule has 0 saturated carbocycles. The highest BCUT2D eigenvalue weighted by molar-refractivity contribution is 5.86. The van der Waals surface area contributed by atoms with Gasteiger partial charge in [-0.15, -0.1) is 0 Å². The van der Waals surface area contributed by atoms with Crippen LogP contribution in [-0.2, 0) is 0 Å². The molecule has 2 aromatic carbocycles. The van der Waals surface area contributed by atoms with Crippen LogP contribution < -0.4 is 15.4 Å². The van der Waals surface area contributed by atoms with Gasteiger partial charge in [0.25, 0.3) is 0 Å². The maximum Gasteiger partial charge on any atom is 0.120 e. The first-order valence-electron chi connectivity index (χ1n) is 5.83. The maximum absolute atomic E-state index is 6.10. The quantitative estimate of drug-likeness (QED) is 0.841. The molecular weight excluding hydrogens is 224 g/mol. The zero-order valence-electron chi connectivity index (χ0n) is 11.0. The van der Waals surface area contributed by atoms with Crippen molar-refractivity contribution < 1.29 is 4.74 Å². The topological polar surface area (TPSA) is 38.5 Å². The lowest BCUT2D eigenvalue weighted by atomic mass is 10.0. The molecule has 94 valence electrons. The summed E-state index contributed by atoms with van der Waals surface area (Å²) >= 11 is 0. The van der Waals surface area contributed by atoms with Crippen molar-refractivity contribution in [2.24, 2.45) is 0 Å². The number of nitrogens with two attached hydrogens (primary N) is 1. The van der Waals surface area contributed by atoms with E-state index in [4.69, 9.17) is 10.5 Å². The normalized spacial score (nSPS) is 10.2. The number of anilines is 2. The second-order valence-electron chi connectivity index (χ2n) is 4.36. The van der Waals surface area contributed by atoms with Gasteiger partial charge >= 0.3 is 0 Å². The van der Waals surface area contributed by atoms with Crippen LogP contribution in [0.15, 0.2) is 42.5 Å². The van der Waals surface area contributed by atoms with Crippen molar-refractivity contribution in [2.75, 3.05) is 31.8 Å². The Morgan fingerprint density at radius 2 is 1.72 bits per heavy atom. The van der Waals surface area contributed by atoms with Gasteiger partial charge in [0.2, 0.25) is 0 Å². The van der Waals surface area contributed by atoms with Crippen LogP contribution in [0.2, 0.25) is 0 Å². The first kappa shape index (κ1) is 12.3. The summed E-state index contributed by atoms with van der Waals surface area (Å²) in [5.41, 5.74) is 10.1. The summed E-state index contributed by atoms with van der Waals surface area (Å²) < 4.78 is 5.17. The van der Waals surface area contributed by atoms with Crippen LogP contribution in [0.25, 0.3) is 11.1 Å². The zero-order chi connectivity index (χ0) is 13.1. The molecule has 0 heterocycles. The average molecular weight is 242 g/mol. The van der Waals surface area contributed by atoms with E-state index >= 15 is 0 Å². The van der Waals surface area contributed by atoms with Gasteiger partial charge in [0.05, 0.1) is 7.11 Å². The fourth-order valence-electron chi connectivity index (χ4n) is 2.00. The van der Waals surface area contributed by atoms with Crippen LogP contribution in [0.3, 0.4) is 0 Å². The van der Waals surface area contributed by atoms with Crippen molar-refractivity contribution in [1.82, 2.24) is 0 Å². The van der Waals surface area contributed by atoms with Gasteiger partial charge in [-0.3, -0.25) is 0 Å². The smallest absolute Gasteiger partial charge is 0.120 e. The Kier molecular flexibility index (Phi) is 3.42. The molecule has 18 heavy (non-hydrogen) atoms. The molecule has 0 aliphatic heterocycles. The van der Waals surface area contributed by atoms with Crippen molar-refractivity contribution in [3.63, 3.8) is 0 Å². The number of ether oxygens (including phenoxy) is 1. The molecule has 0 aliphatic rings. The molecule has 2 N–H and O–H groups in total. The van der Waals surface area contributed by atoms with E-state index in [0.717, 1.165) is 28.3 Å². The molecule has 0 spiro atoms. The van der Waals surface area contributed by atoms with Gasteiger partial charge in [-0.05, 0) is 18.2 Å². The molecule has 2 aromatic rings. The largest absolute Gasteiger partial charge is 0.497 e. The Labute approximate surface area is 108 Å². The number of benzene rings is 2. The second kappa shape index (κ2) is 5.00. The molecule has 0 atom stereocenters. The van der Waals surface area contributed by atoms with E-state index in [0.29, 0.717) is 0 Å². The Morgan fingerprint density at radius 1 is 1.00 bits per heavy atom. The Hall–Kier alpha value is -2.16. The van der Waals surface area contributed by atoms with E-state index in [9.17, 15) is 0 Å². The highest BCUT2D eigenvalue weighted by Gasteiger charge is 2.09. The van der Waals surface area contributed by atoms with Crippen molar-refractivity contribution in [1.29, 1.82) is 0 Å². The minimum absolute atomic E-state index is 0.726. The molecule has 0 saturated heterocycles. The Morgan fingerprint density at radius 3 is 2.33 bits per heavy atom. The predicted molar refractivity (Wildman–Crippen MR) is 77.2 cm³/mol. The van der Waals surface area contributed by atoms with Gasteiger partial charge < -0.3 is 15.4 Å². The monoisotopic (exact) mass is 242 g/mol. The Bertz CT molecular complexity index is 550. The van der Waals surface area contributed by atoms with Crippen molar-refractivity contribution in [3.05, 3.63) is 42.5 Å². The number of methoxy groups -OCH3 is 1. The first-order valence-corrected chi connectivity index (χ1v) is 5.83. The maximum atomic E-state index is 6.10. The van der Waals surface area contributed by atoms with E-state index in [-0.39, 0.29) is 0 Å². The van der Waals surface area contributed by atoms with Crippen LogP contribution >= 0.6 is 0 Å². The zero-order valence-corrected chi connectivity index (χ0v) is 11.0. The SMILES string of the molecule is COc1ccc(-c2ccccc2N(C)C)c(N)c1. The number of hydrogen-bond donors (Lipinski definition) is 1. The lowest BCUT2D eigenvalue weighted by Gasteiger charge is -2.18. The minimum Gasteiger partial charge on any atom is -0.497 e. The summed E-state index contributed by atoms with van der Waals surface area (Å²) in [5.74, 6) is 0.776. The number of hydrogen-bond acceptors (Lipinski definition) is 3. The van der Waals surface area contributed by atoms with Gasteiger partial charge in [0.1, 0.15) is 5.75 Å². The average Bonchev–Trinajstić information content (AvgIpc) is 2.38. The third-order valence-corrected chi connectivity index (χ3v) is 2.93. The van der Waals surface area contributed by atoms with Crippen LogP contribution in [0.1, 0.15) is 0 Å². The van der Waals surface area contributed by atoms with Crippen LogP contribution in [0.4, 0.5) is 11.4 Å². The second-order valence-corrected chi connectivity index (χ2v) is 4.36. The molecule has 0 aromatic heterocycles. The molecule has 0 fully saturated rings. The van der Waals surface area contributed by atoms with E-state index in [1.54, 1.807) is 7.11 Å². The fraction of sp³-hybridized carbons (Fsp3) is 0.200. The summed E-state index contributed by atoms with van der Waals surface area (Å²) in [6.45, 7) is 0. The molecule has 0 amide bonds. The van der Waals surface area contributed by atoms with Crippen molar-refractivity contribution >= 4 is 11.4 Å². The molecule has 2 rings (SSSR count). The van der Waals surface area contributed by atoms with Crippen LogP contribution in [0.5, 0.6) is 5.75 Å². The highest BCUT2D eigenvalue weighted by Crippen LogP contribution is 2.35. The number of para-hydroxylation sites is 1. The lowest BCUT2D eigenvalue weighted by Crippen LogP contribution is -2.10. The van der Waals surface area contributed by atoms with E-state index in [1.165, 1.54) is 0 Å². The van der Waals surface area contributed by atoms with E-state index in [2.05, 4.69) is 17.0 Å². The van der Waals surface area contributed by atoms with Crippen molar-refractivity contribution in [2.45, 2.75) is 0 Å². The van der Waals surface area contributed by atoms with Gasteiger partial charge in [-0.25, -0.2) is 0 Å². The first-order chi connectivity index (χ1) is 8.63. The van der Waals surface area contributed by atoms with Crippen molar-refractivity contribution in [3.8, 4) is 16.9 Å². The van der Waals surface area contributed by atoms with Crippen LogP contribution in [0, 0.1) is 0 Å². The Balaban J connectivity index is 2.55. The number of nitrogen functional groups attached to an aromatic ring is 1. The van der Waals surface area contributed by atoms with Crippen LogP contribution in [-0.4, -0.2) is 21.2 Å². The highest BCUT2D eigenvalue weighted by atomic mass is 16.5. The van der Waals surface area contributed by atoms with Gasteiger partial charge in [0, 0.05) is 42.7 Å². The van der Waals surface area contributed by atoms with Gasteiger partial charge in [-0.2, -0.15) is 0 Å². The third-order valence-electron chi connectivity index (χ3n) is 2.93. The molecule has 3 nitrogen and oxygen atoms in total. The lowest BCUT2D eigenvalue weighted by molar-refractivity contribution is 0.415. The molecule has 3 heteroatoms. The molecular formula is C15H18N2O. The molecule has 0 unspecified atom stereocenters. The summed E-state index contributed by atoms with van der Waals surface area (Å²) in [7, 11) is 5.69. The summed E-state index contributed by atoms with van der Waals surface area (Å²) in [6, 6.07) is 14.0. The van der Waals surface area contributed by atoms with Gasteiger partial charge in [-0.1, -0.05) is 18.2 Å². The fourth-order valence-corrected chi connectivity index (χ4v) is 2.00. The number of nitrogens with zero attached hydrogens (tertiary/aromatic N) is 1. The predicted octanol–water partition coefficient (Wildman–Crippen LogP) is 3.01.